The number of H-pyrrole nitrogens is 2. The first-order valence-corrected chi connectivity index (χ1v) is 16.2. The van der Waals surface area contributed by atoms with Crippen LogP contribution in [-0.2, 0) is 0 Å². The molecule has 1 aliphatic rings. The molecular formula is C30H35FN4OS3. The molecule has 9 heteroatoms. The molecule has 0 saturated carbocycles. The van der Waals surface area contributed by atoms with Gasteiger partial charge in [-0.05, 0) is 42.4 Å². The SMILES string of the molecule is CCCCCCCCCNc1[nH]c2ccccc2c1[C@@H]1CSCN1C(=O)c1[nH]c(=S)sc1-c1ccc(F)cc1. The first-order chi connectivity index (χ1) is 19.1. The second kappa shape index (κ2) is 13.2. The molecule has 3 N–H and O–H groups in total. The number of anilines is 1. The molecule has 1 fully saturated rings. The lowest BCUT2D eigenvalue weighted by Gasteiger charge is -2.25. The average molecular weight is 583 g/mol. The molecule has 0 radical (unpaired) electrons. The Morgan fingerprint density at radius 3 is 2.59 bits per heavy atom. The van der Waals surface area contributed by atoms with Gasteiger partial charge in [-0.1, -0.05) is 75.8 Å². The van der Waals surface area contributed by atoms with Crippen molar-refractivity contribution < 1.29 is 9.18 Å². The van der Waals surface area contributed by atoms with E-state index in [9.17, 15) is 9.18 Å². The van der Waals surface area contributed by atoms with Gasteiger partial charge in [-0.25, -0.2) is 4.39 Å². The number of benzene rings is 2. The van der Waals surface area contributed by atoms with Crippen LogP contribution in [-0.4, -0.2) is 38.9 Å². The Kier molecular flexibility index (Phi) is 9.42. The Morgan fingerprint density at radius 1 is 1.05 bits per heavy atom. The van der Waals surface area contributed by atoms with Crippen LogP contribution in [0.5, 0.6) is 0 Å². The number of thiazole rings is 1. The van der Waals surface area contributed by atoms with Gasteiger partial charge in [0.05, 0.1) is 16.8 Å². The van der Waals surface area contributed by atoms with Crippen LogP contribution in [0, 0.1) is 9.77 Å². The summed E-state index contributed by atoms with van der Waals surface area (Å²) < 4.78 is 14.1. The number of rotatable bonds is 12. The highest BCUT2D eigenvalue weighted by Gasteiger charge is 2.36. The molecule has 2 aromatic heterocycles. The summed E-state index contributed by atoms with van der Waals surface area (Å²) in [5.74, 6) is 2.03. The minimum atomic E-state index is -0.308. The maximum Gasteiger partial charge on any atom is 0.273 e. The van der Waals surface area contributed by atoms with E-state index in [0.29, 0.717) is 15.5 Å². The third-order valence-electron chi connectivity index (χ3n) is 7.27. The number of carbonyl (C=O) groups excluding carboxylic acids is 1. The topological polar surface area (TPSA) is 63.9 Å². The third-order valence-corrected chi connectivity index (χ3v) is 9.57. The molecule has 0 spiro atoms. The molecule has 1 saturated heterocycles. The van der Waals surface area contributed by atoms with Crippen molar-refractivity contribution in [3.05, 3.63) is 69.6 Å². The zero-order valence-electron chi connectivity index (χ0n) is 22.2. The summed E-state index contributed by atoms with van der Waals surface area (Å²) in [5.41, 5.74) is 3.47. The van der Waals surface area contributed by atoms with Crippen LogP contribution in [0.3, 0.4) is 0 Å². The van der Waals surface area contributed by atoms with E-state index in [2.05, 4.69) is 40.4 Å². The van der Waals surface area contributed by atoms with Gasteiger partial charge in [0.2, 0.25) is 0 Å². The van der Waals surface area contributed by atoms with Gasteiger partial charge < -0.3 is 20.2 Å². The summed E-state index contributed by atoms with van der Waals surface area (Å²) in [6.45, 7) is 3.15. The van der Waals surface area contributed by atoms with Crippen molar-refractivity contribution in [2.24, 2.45) is 0 Å². The number of fused-ring (bicyclic) bond motifs is 1. The Hall–Kier alpha value is -2.62. The number of carbonyl (C=O) groups is 1. The highest BCUT2D eigenvalue weighted by Crippen LogP contribution is 2.42. The molecule has 0 bridgehead atoms. The highest BCUT2D eigenvalue weighted by atomic mass is 32.2. The fraction of sp³-hybridized carbons (Fsp3) is 0.400. The number of aromatic nitrogens is 2. The molecule has 5 rings (SSSR count). The largest absolute Gasteiger partial charge is 0.371 e. The van der Waals surface area contributed by atoms with Crippen molar-refractivity contribution in [2.45, 2.75) is 57.9 Å². The summed E-state index contributed by atoms with van der Waals surface area (Å²) in [6, 6.07) is 14.4. The summed E-state index contributed by atoms with van der Waals surface area (Å²) in [6.07, 6.45) is 8.87. The fourth-order valence-corrected chi connectivity index (χ4v) is 7.61. The number of halogens is 1. The molecule has 1 aliphatic heterocycles. The van der Waals surface area contributed by atoms with Crippen molar-refractivity contribution in [3.8, 4) is 10.4 Å². The maximum atomic E-state index is 14.0. The summed E-state index contributed by atoms with van der Waals surface area (Å²) >= 11 is 8.54. The van der Waals surface area contributed by atoms with Crippen molar-refractivity contribution in [3.63, 3.8) is 0 Å². The number of aromatic amines is 2. The second-order valence-corrected chi connectivity index (χ2v) is 12.7. The minimum Gasteiger partial charge on any atom is -0.371 e. The van der Waals surface area contributed by atoms with Crippen LogP contribution in [0.1, 0.15) is 74.0 Å². The Bertz CT molecular complexity index is 1460. The standard InChI is InChI=1S/C30H35FN4OS3/c1-2-3-4-5-6-7-10-17-32-28-25(22-11-8-9-12-23(22)33-28)24-18-38-19-35(24)29(36)26-27(39-30(37)34-26)20-13-15-21(31)16-14-20/h8-9,11-16,24,32-33H,2-7,10,17-19H2,1H3,(H,34,37)/t24-/m0/s1. The smallest absolute Gasteiger partial charge is 0.273 e. The quantitative estimate of drug-likeness (QED) is 0.115. The summed E-state index contributed by atoms with van der Waals surface area (Å²) in [5, 5.41) is 4.81. The van der Waals surface area contributed by atoms with E-state index in [4.69, 9.17) is 12.2 Å². The molecule has 3 heterocycles. The molecule has 5 nitrogen and oxygen atoms in total. The molecule has 39 heavy (non-hydrogen) atoms. The van der Waals surface area contributed by atoms with E-state index < -0.39 is 0 Å². The molecule has 0 unspecified atom stereocenters. The van der Waals surface area contributed by atoms with E-state index in [0.717, 1.165) is 51.4 Å². The Morgan fingerprint density at radius 2 is 1.79 bits per heavy atom. The van der Waals surface area contributed by atoms with Crippen LogP contribution in [0.15, 0.2) is 48.5 Å². The first kappa shape index (κ1) is 27.9. The number of unbranched alkanes of at least 4 members (excludes halogenated alkanes) is 6. The molecule has 1 atom stereocenters. The van der Waals surface area contributed by atoms with Crippen molar-refractivity contribution in [1.29, 1.82) is 0 Å². The average Bonchev–Trinajstić information content (AvgIpc) is 3.66. The molecule has 0 aliphatic carbocycles. The third kappa shape index (κ3) is 6.42. The van der Waals surface area contributed by atoms with Crippen LogP contribution in [0.4, 0.5) is 10.2 Å². The Balaban J connectivity index is 1.37. The number of nitrogens with zero attached hydrogens (tertiary/aromatic N) is 1. The van der Waals surface area contributed by atoms with Gasteiger partial charge in [-0.3, -0.25) is 4.79 Å². The van der Waals surface area contributed by atoms with Crippen LogP contribution in [0.2, 0.25) is 0 Å². The van der Waals surface area contributed by atoms with Crippen LogP contribution < -0.4 is 5.32 Å². The van der Waals surface area contributed by atoms with Crippen molar-refractivity contribution >= 4 is 57.9 Å². The second-order valence-electron chi connectivity index (χ2n) is 10.0. The molecule has 4 aromatic rings. The van der Waals surface area contributed by atoms with Crippen LogP contribution >= 0.6 is 35.3 Å². The van der Waals surface area contributed by atoms with Gasteiger partial charge in [-0.15, -0.1) is 23.1 Å². The van der Waals surface area contributed by atoms with E-state index in [1.54, 1.807) is 23.9 Å². The van der Waals surface area contributed by atoms with Gasteiger partial charge in [0.15, 0.2) is 3.95 Å². The Labute approximate surface area is 242 Å². The normalized spacial score (nSPS) is 15.3. The van der Waals surface area contributed by atoms with Gasteiger partial charge in [0.25, 0.3) is 5.91 Å². The maximum absolute atomic E-state index is 14.0. The lowest BCUT2D eigenvalue weighted by atomic mass is 10.0. The zero-order chi connectivity index (χ0) is 27.2. The fourth-order valence-electron chi connectivity index (χ4n) is 5.25. The van der Waals surface area contributed by atoms with Gasteiger partial charge in [0.1, 0.15) is 17.3 Å². The predicted molar refractivity (Wildman–Crippen MR) is 166 cm³/mol. The molecule has 2 aromatic carbocycles. The number of hydrogen-bond acceptors (Lipinski definition) is 5. The lowest BCUT2D eigenvalue weighted by molar-refractivity contribution is 0.0744. The highest BCUT2D eigenvalue weighted by molar-refractivity contribution is 7.99. The zero-order valence-corrected chi connectivity index (χ0v) is 24.7. The number of para-hydroxylation sites is 1. The van der Waals surface area contributed by atoms with E-state index >= 15 is 0 Å². The summed E-state index contributed by atoms with van der Waals surface area (Å²) in [4.78, 5) is 23.4. The first-order valence-electron chi connectivity index (χ1n) is 13.8. The molecule has 1 amide bonds. The van der Waals surface area contributed by atoms with Gasteiger partial charge >= 0.3 is 0 Å². The molecule has 206 valence electrons. The number of nitrogens with one attached hydrogen (secondary N) is 3. The number of hydrogen-bond donors (Lipinski definition) is 3. The van der Waals surface area contributed by atoms with E-state index in [-0.39, 0.29) is 17.8 Å². The minimum absolute atomic E-state index is 0.0833. The molecular weight excluding hydrogens is 548 g/mol. The van der Waals surface area contributed by atoms with E-state index in [1.165, 1.54) is 62.0 Å². The lowest BCUT2D eigenvalue weighted by Crippen LogP contribution is -2.32. The van der Waals surface area contributed by atoms with Gasteiger partial charge in [-0.2, -0.15) is 0 Å². The summed E-state index contributed by atoms with van der Waals surface area (Å²) in [7, 11) is 0. The predicted octanol–water partition coefficient (Wildman–Crippen LogP) is 9.14. The monoisotopic (exact) mass is 582 g/mol. The van der Waals surface area contributed by atoms with Crippen LogP contribution in [0.25, 0.3) is 21.3 Å². The van der Waals surface area contributed by atoms with Crippen molar-refractivity contribution in [2.75, 3.05) is 23.5 Å². The van der Waals surface area contributed by atoms with Crippen molar-refractivity contribution in [1.82, 2.24) is 14.9 Å². The number of thioether (sulfide) groups is 1. The van der Waals surface area contributed by atoms with E-state index in [1.807, 2.05) is 11.0 Å². The van der Waals surface area contributed by atoms with Gasteiger partial charge in [0, 0.05) is 28.8 Å². The number of amides is 1.